The highest BCUT2D eigenvalue weighted by molar-refractivity contribution is 5.76. The topological polar surface area (TPSA) is 149 Å². The minimum atomic E-state index is -1.57. The van der Waals surface area contributed by atoms with E-state index in [-0.39, 0.29) is 12.5 Å². The molecule has 9 nitrogen and oxygen atoms in total. The van der Waals surface area contributed by atoms with E-state index in [0.717, 1.165) is 51.4 Å². The third-order valence-corrected chi connectivity index (χ3v) is 11.7. The van der Waals surface area contributed by atoms with Gasteiger partial charge in [-0.05, 0) is 44.9 Å². The van der Waals surface area contributed by atoms with Gasteiger partial charge in [-0.15, -0.1) is 0 Å². The molecule has 1 amide bonds. The van der Waals surface area contributed by atoms with Crippen LogP contribution in [-0.4, -0.2) is 87.5 Å². The van der Waals surface area contributed by atoms with Crippen LogP contribution in [-0.2, 0) is 14.3 Å². The van der Waals surface area contributed by atoms with Crippen LogP contribution < -0.4 is 5.32 Å². The number of allylic oxidation sites excluding steroid dienone is 5. The van der Waals surface area contributed by atoms with Crippen LogP contribution in [0.15, 0.2) is 36.5 Å². The van der Waals surface area contributed by atoms with Crippen LogP contribution in [0.4, 0.5) is 0 Å². The number of aliphatic hydroxyl groups excluding tert-OH is 5. The zero-order valence-corrected chi connectivity index (χ0v) is 38.0. The molecule has 59 heavy (non-hydrogen) atoms. The molecule has 0 aromatic carbocycles. The van der Waals surface area contributed by atoms with Gasteiger partial charge in [-0.3, -0.25) is 4.79 Å². The number of unbranched alkanes of at least 4 members (excludes halogenated alkanes) is 27. The molecule has 346 valence electrons. The third-order valence-electron chi connectivity index (χ3n) is 11.7. The molecule has 0 aliphatic carbocycles. The fourth-order valence-electron chi connectivity index (χ4n) is 7.72. The molecule has 6 N–H and O–H groups in total. The van der Waals surface area contributed by atoms with Crippen LogP contribution in [0.2, 0.25) is 0 Å². The molecule has 1 aliphatic rings. The lowest BCUT2D eigenvalue weighted by Crippen LogP contribution is -2.60. The highest BCUT2D eigenvalue weighted by atomic mass is 16.7. The van der Waals surface area contributed by atoms with Crippen LogP contribution in [0.25, 0.3) is 0 Å². The van der Waals surface area contributed by atoms with Crippen molar-refractivity contribution in [3.8, 4) is 0 Å². The van der Waals surface area contributed by atoms with Crippen LogP contribution in [0, 0.1) is 0 Å². The maximum atomic E-state index is 12.6. The Morgan fingerprint density at radius 3 is 1.42 bits per heavy atom. The summed E-state index contributed by atoms with van der Waals surface area (Å²) < 4.78 is 11.1. The quantitative estimate of drug-likeness (QED) is 0.0263. The summed E-state index contributed by atoms with van der Waals surface area (Å²) in [5.41, 5.74) is 0. The van der Waals surface area contributed by atoms with Crippen molar-refractivity contribution in [2.75, 3.05) is 13.2 Å². The number of ether oxygens (including phenoxy) is 2. The fraction of sp³-hybridized carbons (Fsp3) is 0.860. The maximum Gasteiger partial charge on any atom is 0.220 e. The molecule has 1 saturated heterocycles. The lowest BCUT2D eigenvalue weighted by Gasteiger charge is -2.40. The van der Waals surface area contributed by atoms with E-state index in [4.69, 9.17) is 9.47 Å². The minimum Gasteiger partial charge on any atom is -0.394 e. The summed E-state index contributed by atoms with van der Waals surface area (Å²) >= 11 is 0. The smallest absolute Gasteiger partial charge is 0.220 e. The Hall–Kier alpha value is -1.59. The van der Waals surface area contributed by atoms with E-state index in [1.165, 1.54) is 148 Å². The van der Waals surface area contributed by atoms with E-state index in [1.54, 1.807) is 6.08 Å². The SMILES string of the molecule is CCCCCCCCCCCCCCCCCCCCCCCC/C=C/CC/C=C/CC/C=C/C(O)C(COC1OC(CO)C(O)C(O)C1O)NC(=O)CCCCCC. The summed E-state index contributed by atoms with van der Waals surface area (Å²) in [7, 11) is 0. The molecule has 0 saturated carbocycles. The van der Waals surface area contributed by atoms with E-state index in [0.29, 0.717) is 6.42 Å². The summed E-state index contributed by atoms with van der Waals surface area (Å²) in [6.07, 6.45) is 44.5. The van der Waals surface area contributed by atoms with Crippen LogP contribution in [0.5, 0.6) is 0 Å². The Labute approximate surface area is 361 Å². The van der Waals surface area contributed by atoms with Crippen molar-refractivity contribution in [2.45, 2.75) is 262 Å². The van der Waals surface area contributed by atoms with Crippen molar-refractivity contribution in [1.82, 2.24) is 5.32 Å². The van der Waals surface area contributed by atoms with E-state index in [9.17, 15) is 30.3 Å². The standard InChI is InChI=1S/C50H93NO8/c1-3-5-7-9-10-11-12-13-14-15-16-17-18-19-20-21-22-23-24-25-26-27-28-29-30-31-32-33-34-35-36-37-39-44(53)43(51-46(54)40-38-8-6-4-2)42-58-50-49(57)48(56)47(55)45(41-52)59-50/h29-30,33-34,37,39,43-45,47-50,52-53,55-57H,3-28,31-32,35-36,38,40-42H2,1-2H3,(H,51,54)/b30-29+,34-33+,39-37+. The molecule has 1 heterocycles. The monoisotopic (exact) mass is 836 g/mol. The van der Waals surface area contributed by atoms with Crippen LogP contribution >= 0.6 is 0 Å². The second-order valence-corrected chi connectivity index (χ2v) is 17.2. The molecule has 0 bridgehead atoms. The lowest BCUT2D eigenvalue weighted by atomic mass is 9.99. The van der Waals surface area contributed by atoms with Gasteiger partial charge < -0.3 is 40.3 Å². The number of hydrogen-bond donors (Lipinski definition) is 6. The van der Waals surface area contributed by atoms with Crippen molar-refractivity contribution in [2.24, 2.45) is 0 Å². The van der Waals surface area contributed by atoms with E-state index < -0.39 is 49.5 Å². The molecule has 7 unspecified atom stereocenters. The van der Waals surface area contributed by atoms with Gasteiger partial charge in [0.15, 0.2) is 6.29 Å². The highest BCUT2D eigenvalue weighted by Gasteiger charge is 2.44. The zero-order chi connectivity index (χ0) is 43.0. The Balaban J connectivity index is 2.09. The van der Waals surface area contributed by atoms with Gasteiger partial charge in [0.1, 0.15) is 24.4 Å². The molecular weight excluding hydrogens is 743 g/mol. The van der Waals surface area contributed by atoms with Crippen molar-refractivity contribution in [3.05, 3.63) is 36.5 Å². The van der Waals surface area contributed by atoms with E-state index >= 15 is 0 Å². The van der Waals surface area contributed by atoms with Crippen LogP contribution in [0.3, 0.4) is 0 Å². The van der Waals surface area contributed by atoms with E-state index in [1.807, 2.05) is 6.08 Å². The largest absolute Gasteiger partial charge is 0.394 e. The molecular formula is C50H93NO8. The van der Waals surface area contributed by atoms with Gasteiger partial charge in [-0.25, -0.2) is 0 Å². The van der Waals surface area contributed by atoms with Crippen molar-refractivity contribution in [3.63, 3.8) is 0 Å². The van der Waals surface area contributed by atoms with Gasteiger partial charge >= 0.3 is 0 Å². The molecule has 0 radical (unpaired) electrons. The van der Waals surface area contributed by atoms with Gasteiger partial charge in [-0.2, -0.15) is 0 Å². The molecule has 0 aromatic heterocycles. The molecule has 0 aromatic rings. The summed E-state index contributed by atoms with van der Waals surface area (Å²) in [6, 6.07) is -0.821. The van der Waals surface area contributed by atoms with Crippen molar-refractivity contribution in [1.29, 1.82) is 0 Å². The first-order valence-electron chi connectivity index (χ1n) is 24.7. The Morgan fingerprint density at radius 1 is 0.559 bits per heavy atom. The normalized spacial score (nSPS) is 21.0. The fourth-order valence-corrected chi connectivity index (χ4v) is 7.72. The predicted molar refractivity (Wildman–Crippen MR) is 244 cm³/mol. The molecule has 1 rings (SSSR count). The number of hydrogen-bond acceptors (Lipinski definition) is 8. The third kappa shape index (κ3) is 31.0. The highest BCUT2D eigenvalue weighted by Crippen LogP contribution is 2.23. The number of rotatable bonds is 41. The summed E-state index contributed by atoms with van der Waals surface area (Å²) in [5, 5.41) is 53.7. The van der Waals surface area contributed by atoms with Gasteiger partial charge in [0.25, 0.3) is 0 Å². The van der Waals surface area contributed by atoms with Gasteiger partial charge in [0.05, 0.1) is 25.4 Å². The molecule has 7 atom stereocenters. The number of aliphatic hydroxyl groups is 5. The number of carbonyl (C=O) groups is 1. The van der Waals surface area contributed by atoms with Gasteiger partial charge in [-0.1, -0.05) is 204 Å². The lowest BCUT2D eigenvalue weighted by molar-refractivity contribution is -0.302. The van der Waals surface area contributed by atoms with Gasteiger partial charge in [0.2, 0.25) is 5.91 Å². The molecule has 1 fully saturated rings. The second-order valence-electron chi connectivity index (χ2n) is 17.2. The molecule has 1 aliphatic heterocycles. The van der Waals surface area contributed by atoms with E-state index in [2.05, 4.69) is 43.5 Å². The van der Waals surface area contributed by atoms with Crippen molar-refractivity contribution >= 4 is 5.91 Å². The summed E-state index contributed by atoms with van der Waals surface area (Å²) in [5.74, 6) is -0.209. The first-order chi connectivity index (χ1) is 28.8. The average molecular weight is 836 g/mol. The van der Waals surface area contributed by atoms with Crippen LogP contribution in [0.1, 0.15) is 219 Å². The Bertz CT molecular complexity index is 1020. The zero-order valence-electron chi connectivity index (χ0n) is 38.0. The summed E-state index contributed by atoms with van der Waals surface area (Å²) in [4.78, 5) is 12.6. The minimum absolute atomic E-state index is 0.206. The Kier molecular flexibility index (Phi) is 38.0. The number of nitrogens with one attached hydrogen (secondary N) is 1. The molecule has 0 spiro atoms. The molecule has 9 heteroatoms. The summed E-state index contributed by atoms with van der Waals surface area (Å²) in [6.45, 7) is 3.62. The van der Waals surface area contributed by atoms with Crippen molar-refractivity contribution < 1.29 is 39.8 Å². The Morgan fingerprint density at radius 2 is 0.966 bits per heavy atom. The average Bonchev–Trinajstić information content (AvgIpc) is 3.23. The first-order valence-corrected chi connectivity index (χ1v) is 24.7. The van der Waals surface area contributed by atoms with Gasteiger partial charge in [0, 0.05) is 6.42 Å². The predicted octanol–water partition coefficient (Wildman–Crippen LogP) is 10.8. The first kappa shape index (κ1) is 55.4. The number of amides is 1. The number of carbonyl (C=O) groups excluding carboxylic acids is 1. The second kappa shape index (κ2) is 40.5. The maximum absolute atomic E-state index is 12.6.